The summed E-state index contributed by atoms with van der Waals surface area (Å²) in [6.45, 7) is 3.08. The lowest BCUT2D eigenvalue weighted by molar-refractivity contribution is -0.130. The van der Waals surface area contributed by atoms with E-state index in [0.29, 0.717) is 0 Å². The molecule has 0 radical (unpaired) electrons. The van der Waals surface area contributed by atoms with Crippen LogP contribution in [0.15, 0.2) is 0 Å². The second-order valence-corrected chi connectivity index (χ2v) is 4.59. The van der Waals surface area contributed by atoms with Crippen molar-refractivity contribution in [2.24, 2.45) is 0 Å². The lowest BCUT2D eigenvalue weighted by Gasteiger charge is -2.33. The fraction of sp³-hybridized carbons (Fsp3) is 0.833. The molecular weight excluding hydrogens is 190 g/mol. The average Bonchev–Trinajstić information content (AvgIpc) is 2.08. The van der Waals surface area contributed by atoms with E-state index in [-0.39, 0.29) is 11.7 Å². The van der Waals surface area contributed by atoms with Crippen LogP contribution in [0.3, 0.4) is 0 Å². The van der Waals surface area contributed by atoms with E-state index in [9.17, 15) is 9.59 Å². The monoisotopic (exact) mass is 211 g/mol. The van der Waals surface area contributed by atoms with Gasteiger partial charge in [-0.05, 0) is 19.8 Å². The molecule has 0 aromatic heterocycles. The molecule has 0 saturated heterocycles. The van der Waals surface area contributed by atoms with Crippen LogP contribution in [0, 0.1) is 0 Å². The molecule has 1 fully saturated rings. The lowest BCUT2D eigenvalue weighted by atomic mass is 9.81. The highest BCUT2D eigenvalue weighted by Gasteiger charge is 2.35. The first-order valence-corrected chi connectivity index (χ1v) is 5.87. The van der Waals surface area contributed by atoms with Gasteiger partial charge in [-0.1, -0.05) is 32.1 Å². The van der Waals surface area contributed by atoms with E-state index in [1.54, 1.807) is 6.92 Å². The van der Waals surface area contributed by atoms with Crippen LogP contribution in [-0.2, 0) is 9.59 Å². The number of amides is 1. The molecule has 0 spiro atoms. The third-order valence-electron chi connectivity index (χ3n) is 3.30. The van der Waals surface area contributed by atoms with E-state index in [2.05, 4.69) is 5.32 Å². The molecule has 1 rings (SSSR count). The number of Topliss-reactive ketones (excluding diaryl/α,β-unsaturated/α-hetero) is 1. The molecule has 3 heteroatoms. The van der Waals surface area contributed by atoms with Gasteiger partial charge in [-0.15, -0.1) is 0 Å². The normalized spacial score (nSPS) is 21.2. The van der Waals surface area contributed by atoms with Gasteiger partial charge >= 0.3 is 0 Å². The molecule has 1 N–H and O–H groups in total. The third kappa shape index (κ3) is 3.33. The predicted molar refractivity (Wildman–Crippen MR) is 59.5 cm³/mol. The van der Waals surface area contributed by atoms with Crippen molar-refractivity contribution in [3.8, 4) is 0 Å². The van der Waals surface area contributed by atoms with Gasteiger partial charge in [-0.25, -0.2) is 0 Å². The van der Waals surface area contributed by atoms with Gasteiger partial charge in [0.25, 0.3) is 0 Å². The summed E-state index contributed by atoms with van der Waals surface area (Å²) in [6, 6.07) is 0. The molecule has 1 saturated carbocycles. The first-order valence-electron chi connectivity index (χ1n) is 5.87. The van der Waals surface area contributed by atoms with Crippen LogP contribution in [-0.4, -0.2) is 17.2 Å². The average molecular weight is 211 g/mol. The number of hydrogen-bond acceptors (Lipinski definition) is 2. The van der Waals surface area contributed by atoms with E-state index in [4.69, 9.17) is 0 Å². The summed E-state index contributed by atoms with van der Waals surface area (Å²) in [7, 11) is 0. The Hall–Kier alpha value is -0.860. The molecule has 0 bridgehead atoms. The van der Waals surface area contributed by atoms with Crippen LogP contribution in [0.2, 0.25) is 0 Å². The van der Waals surface area contributed by atoms with E-state index in [0.717, 1.165) is 25.7 Å². The molecule has 0 aromatic rings. The summed E-state index contributed by atoms with van der Waals surface area (Å²) >= 11 is 0. The van der Waals surface area contributed by atoms with E-state index < -0.39 is 5.54 Å². The Morgan fingerprint density at radius 2 is 1.40 bits per heavy atom. The van der Waals surface area contributed by atoms with Crippen molar-refractivity contribution in [1.29, 1.82) is 0 Å². The number of nitrogens with one attached hydrogen (secondary N) is 1. The highest BCUT2D eigenvalue weighted by Crippen LogP contribution is 2.27. The molecule has 0 heterocycles. The standard InChI is InChI=1S/C12H21NO2/c1-10(14)12(13-11(2)15)8-6-4-3-5-7-9-12/h3-9H2,1-2H3,(H,13,15). The SMILES string of the molecule is CC(=O)NC1(C(C)=O)CCCCCCC1. The van der Waals surface area contributed by atoms with Crippen LogP contribution in [0.1, 0.15) is 58.8 Å². The van der Waals surface area contributed by atoms with Crippen molar-refractivity contribution in [3.05, 3.63) is 0 Å². The molecule has 0 unspecified atom stereocenters. The minimum atomic E-state index is -0.563. The van der Waals surface area contributed by atoms with Crippen LogP contribution in [0.4, 0.5) is 0 Å². The Morgan fingerprint density at radius 3 is 1.80 bits per heavy atom. The van der Waals surface area contributed by atoms with Gasteiger partial charge in [0.15, 0.2) is 5.78 Å². The second-order valence-electron chi connectivity index (χ2n) is 4.59. The second kappa shape index (κ2) is 5.29. The highest BCUT2D eigenvalue weighted by atomic mass is 16.2. The fourth-order valence-electron chi connectivity index (χ4n) is 2.41. The smallest absolute Gasteiger partial charge is 0.217 e. The van der Waals surface area contributed by atoms with Crippen molar-refractivity contribution in [2.45, 2.75) is 64.3 Å². The molecule has 3 nitrogen and oxygen atoms in total. The van der Waals surface area contributed by atoms with Crippen molar-refractivity contribution in [2.75, 3.05) is 0 Å². The Kier molecular flexibility index (Phi) is 4.30. The van der Waals surface area contributed by atoms with Crippen LogP contribution in [0.25, 0.3) is 0 Å². The number of carbonyl (C=O) groups excluding carboxylic acids is 2. The van der Waals surface area contributed by atoms with Gasteiger partial charge in [0.2, 0.25) is 5.91 Å². The zero-order chi connectivity index (χ0) is 11.3. The van der Waals surface area contributed by atoms with Crippen LogP contribution < -0.4 is 5.32 Å². The molecule has 1 aliphatic carbocycles. The van der Waals surface area contributed by atoms with Gasteiger partial charge in [-0.2, -0.15) is 0 Å². The van der Waals surface area contributed by atoms with Crippen LogP contribution >= 0.6 is 0 Å². The number of ketones is 1. The summed E-state index contributed by atoms with van der Waals surface area (Å²) in [5, 5.41) is 2.87. The minimum absolute atomic E-state index is 0.0919. The lowest BCUT2D eigenvalue weighted by Crippen LogP contribution is -2.53. The summed E-state index contributed by atoms with van der Waals surface area (Å²) < 4.78 is 0. The van der Waals surface area contributed by atoms with Gasteiger partial charge in [0, 0.05) is 6.92 Å². The largest absolute Gasteiger partial charge is 0.344 e. The zero-order valence-electron chi connectivity index (χ0n) is 9.77. The maximum absolute atomic E-state index is 11.7. The molecule has 0 aliphatic heterocycles. The van der Waals surface area contributed by atoms with Crippen molar-refractivity contribution < 1.29 is 9.59 Å². The molecular formula is C12H21NO2. The Bertz CT molecular complexity index is 240. The van der Waals surface area contributed by atoms with Crippen molar-refractivity contribution >= 4 is 11.7 Å². The molecule has 1 aliphatic rings. The summed E-state index contributed by atoms with van der Waals surface area (Å²) in [5.74, 6) is 0.0189. The Balaban J connectivity index is 2.75. The molecule has 86 valence electrons. The summed E-state index contributed by atoms with van der Waals surface area (Å²) in [6.07, 6.45) is 7.31. The van der Waals surface area contributed by atoms with Crippen LogP contribution in [0.5, 0.6) is 0 Å². The minimum Gasteiger partial charge on any atom is -0.344 e. The predicted octanol–water partition coefficient (Wildman–Crippen LogP) is 2.19. The molecule has 0 atom stereocenters. The molecule has 0 aromatic carbocycles. The zero-order valence-corrected chi connectivity index (χ0v) is 9.77. The maximum atomic E-state index is 11.7. The Labute approximate surface area is 91.6 Å². The third-order valence-corrected chi connectivity index (χ3v) is 3.30. The summed E-state index contributed by atoms with van der Waals surface area (Å²) in [4.78, 5) is 22.9. The highest BCUT2D eigenvalue weighted by molar-refractivity contribution is 5.90. The van der Waals surface area contributed by atoms with E-state index in [1.165, 1.54) is 26.2 Å². The fourth-order valence-corrected chi connectivity index (χ4v) is 2.41. The topological polar surface area (TPSA) is 46.2 Å². The van der Waals surface area contributed by atoms with E-state index >= 15 is 0 Å². The first-order chi connectivity index (χ1) is 7.07. The van der Waals surface area contributed by atoms with Crippen molar-refractivity contribution in [3.63, 3.8) is 0 Å². The number of hydrogen-bond donors (Lipinski definition) is 1. The van der Waals surface area contributed by atoms with Gasteiger partial charge in [0.05, 0.1) is 5.54 Å². The van der Waals surface area contributed by atoms with Gasteiger partial charge in [0.1, 0.15) is 0 Å². The van der Waals surface area contributed by atoms with Crippen molar-refractivity contribution in [1.82, 2.24) is 5.32 Å². The first kappa shape index (κ1) is 12.2. The molecule has 1 amide bonds. The van der Waals surface area contributed by atoms with Gasteiger partial charge in [-0.3, -0.25) is 9.59 Å². The Morgan fingerprint density at radius 1 is 0.933 bits per heavy atom. The molecule has 15 heavy (non-hydrogen) atoms. The van der Waals surface area contributed by atoms with E-state index in [1.807, 2.05) is 0 Å². The maximum Gasteiger partial charge on any atom is 0.217 e. The summed E-state index contributed by atoms with van der Waals surface area (Å²) in [5.41, 5.74) is -0.563. The quantitative estimate of drug-likeness (QED) is 0.761. The van der Waals surface area contributed by atoms with Gasteiger partial charge < -0.3 is 5.32 Å². The number of carbonyl (C=O) groups is 2. The number of rotatable bonds is 2.